The van der Waals surface area contributed by atoms with Gasteiger partial charge in [0, 0.05) is 32.4 Å². The monoisotopic (exact) mass is 341 g/mol. The Balaban J connectivity index is 1.41. The van der Waals surface area contributed by atoms with Gasteiger partial charge in [0.2, 0.25) is 0 Å². The molecule has 9 heteroatoms. The number of likely N-dealkylation sites (tertiary alicyclic amines) is 1. The van der Waals surface area contributed by atoms with Crippen LogP contribution in [0.1, 0.15) is 25.7 Å². The summed E-state index contributed by atoms with van der Waals surface area (Å²) >= 11 is 0. The Morgan fingerprint density at radius 3 is 2.65 bits per heavy atom. The average molecular weight is 341 g/mol. The maximum atomic E-state index is 12.2. The van der Waals surface area contributed by atoms with E-state index in [0.29, 0.717) is 31.8 Å². The van der Waals surface area contributed by atoms with Crippen molar-refractivity contribution < 1.29 is 13.2 Å². The zero-order valence-corrected chi connectivity index (χ0v) is 13.9. The van der Waals surface area contributed by atoms with Gasteiger partial charge in [0.25, 0.3) is 0 Å². The molecule has 8 nitrogen and oxygen atoms in total. The van der Waals surface area contributed by atoms with Crippen molar-refractivity contribution in [1.82, 2.24) is 25.2 Å². The Kier molecular flexibility index (Phi) is 4.84. The minimum Gasteiger partial charge on any atom is -0.337 e. The van der Waals surface area contributed by atoms with E-state index in [1.807, 2.05) is 10.9 Å². The van der Waals surface area contributed by atoms with E-state index >= 15 is 0 Å². The molecule has 0 spiro atoms. The second-order valence-corrected chi connectivity index (χ2v) is 8.77. The van der Waals surface area contributed by atoms with Gasteiger partial charge >= 0.3 is 6.03 Å². The van der Waals surface area contributed by atoms with Crippen molar-refractivity contribution in [1.29, 1.82) is 0 Å². The number of aromatic nitrogens is 3. The van der Waals surface area contributed by atoms with Crippen molar-refractivity contribution >= 4 is 15.9 Å². The number of hydrogen-bond acceptors (Lipinski definition) is 5. The molecule has 1 unspecified atom stereocenters. The molecule has 2 aliphatic heterocycles. The van der Waals surface area contributed by atoms with Crippen molar-refractivity contribution in [2.45, 2.75) is 37.5 Å². The lowest BCUT2D eigenvalue weighted by Crippen LogP contribution is -2.47. The number of sulfone groups is 1. The number of carbonyl (C=O) groups is 1. The molecule has 0 saturated carbocycles. The van der Waals surface area contributed by atoms with Crippen LogP contribution in [-0.4, -0.2) is 65.0 Å². The van der Waals surface area contributed by atoms with Crippen molar-refractivity contribution in [3.63, 3.8) is 0 Å². The summed E-state index contributed by atoms with van der Waals surface area (Å²) in [7, 11) is -3.00. The van der Waals surface area contributed by atoms with E-state index in [1.54, 1.807) is 11.1 Å². The van der Waals surface area contributed by atoms with E-state index in [0.717, 1.165) is 19.4 Å². The molecule has 1 atom stereocenters. The van der Waals surface area contributed by atoms with Gasteiger partial charge in [0.1, 0.15) is 0 Å². The van der Waals surface area contributed by atoms with Crippen LogP contribution in [0.5, 0.6) is 0 Å². The Bertz CT molecular complexity index is 623. The van der Waals surface area contributed by atoms with E-state index < -0.39 is 15.1 Å². The third-order valence-electron chi connectivity index (χ3n) is 4.76. The maximum absolute atomic E-state index is 12.2. The highest BCUT2D eigenvalue weighted by Crippen LogP contribution is 2.20. The number of piperidine rings is 1. The largest absolute Gasteiger partial charge is 0.337 e. The van der Waals surface area contributed by atoms with Gasteiger partial charge in [-0.3, -0.25) is 4.68 Å². The first-order valence-corrected chi connectivity index (χ1v) is 9.84. The normalized spacial score (nSPS) is 24.7. The minimum atomic E-state index is -3.00. The molecule has 0 bridgehead atoms. The summed E-state index contributed by atoms with van der Waals surface area (Å²) in [6, 6.07) is -0.147. The first-order valence-electron chi connectivity index (χ1n) is 8.13. The van der Waals surface area contributed by atoms with Crippen LogP contribution in [0, 0.1) is 5.92 Å². The van der Waals surface area contributed by atoms with Crippen molar-refractivity contribution in [2.24, 2.45) is 5.92 Å². The van der Waals surface area contributed by atoms with Crippen molar-refractivity contribution in [2.75, 3.05) is 25.4 Å². The third-order valence-corrected chi connectivity index (χ3v) is 7.04. The summed E-state index contributed by atoms with van der Waals surface area (Å²) in [5, 5.41) is 10.1. The number of nitrogens with zero attached hydrogens (tertiary/aromatic N) is 4. The highest BCUT2D eigenvalue weighted by Gasteiger charge is 2.32. The standard InChI is InChI=1S/C14H23N5O3S/c20-14(15-10-13-2-1-9-23(13,21)22)18-6-3-12(4-7-18)11-19-8-5-16-17-19/h5,8,12-13H,1-4,6-7,9-11H2,(H,15,20). The predicted molar refractivity (Wildman–Crippen MR) is 84.5 cm³/mol. The van der Waals surface area contributed by atoms with E-state index in [1.165, 1.54) is 0 Å². The molecule has 0 aliphatic carbocycles. The van der Waals surface area contributed by atoms with Crippen LogP contribution >= 0.6 is 0 Å². The van der Waals surface area contributed by atoms with E-state index in [2.05, 4.69) is 15.6 Å². The summed E-state index contributed by atoms with van der Waals surface area (Å²) in [5.41, 5.74) is 0. The molecule has 23 heavy (non-hydrogen) atoms. The molecule has 1 N–H and O–H groups in total. The Labute approximate surface area is 136 Å². The fourth-order valence-electron chi connectivity index (χ4n) is 3.31. The number of rotatable bonds is 4. The molecule has 1 aromatic rings. The fraction of sp³-hybridized carbons (Fsp3) is 0.786. The molecule has 3 rings (SSSR count). The quantitative estimate of drug-likeness (QED) is 0.848. The van der Waals surface area contributed by atoms with Crippen LogP contribution in [0.3, 0.4) is 0 Å². The zero-order valence-electron chi connectivity index (χ0n) is 13.1. The summed E-state index contributed by atoms with van der Waals surface area (Å²) < 4.78 is 25.4. The van der Waals surface area contributed by atoms with Gasteiger partial charge in [0.05, 0.1) is 17.2 Å². The molecule has 3 heterocycles. The Morgan fingerprint density at radius 2 is 2.04 bits per heavy atom. The highest BCUT2D eigenvalue weighted by atomic mass is 32.2. The van der Waals surface area contributed by atoms with E-state index in [-0.39, 0.29) is 18.3 Å². The Morgan fingerprint density at radius 1 is 1.26 bits per heavy atom. The highest BCUT2D eigenvalue weighted by molar-refractivity contribution is 7.92. The second-order valence-electron chi connectivity index (χ2n) is 6.37. The van der Waals surface area contributed by atoms with Crippen LogP contribution in [0.15, 0.2) is 12.4 Å². The smallest absolute Gasteiger partial charge is 0.317 e. The van der Waals surface area contributed by atoms with Crippen LogP contribution in [0.25, 0.3) is 0 Å². The zero-order chi connectivity index (χ0) is 16.3. The minimum absolute atomic E-state index is 0.147. The first kappa shape index (κ1) is 16.2. The summed E-state index contributed by atoms with van der Waals surface area (Å²) in [4.78, 5) is 14.0. The number of nitrogens with one attached hydrogen (secondary N) is 1. The van der Waals surface area contributed by atoms with Gasteiger partial charge < -0.3 is 10.2 Å². The molecule has 2 aliphatic rings. The lowest BCUT2D eigenvalue weighted by molar-refractivity contribution is 0.164. The summed E-state index contributed by atoms with van der Waals surface area (Å²) in [6.07, 6.45) is 6.73. The SMILES string of the molecule is O=C(NCC1CCCS1(=O)=O)N1CCC(Cn2ccnn2)CC1. The third kappa shape index (κ3) is 4.01. The second kappa shape index (κ2) is 6.86. The molecule has 0 radical (unpaired) electrons. The van der Waals surface area contributed by atoms with Gasteiger partial charge in [-0.1, -0.05) is 5.21 Å². The molecular formula is C14H23N5O3S. The molecule has 2 fully saturated rings. The van der Waals surface area contributed by atoms with Crippen LogP contribution in [0.2, 0.25) is 0 Å². The number of carbonyl (C=O) groups excluding carboxylic acids is 1. The van der Waals surface area contributed by atoms with E-state index in [4.69, 9.17) is 0 Å². The lowest BCUT2D eigenvalue weighted by Gasteiger charge is -2.32. The molecule has 2 amide bonds. The van der Waals surface area contributed by atoms with Gasteiger partial charge in [-0.05, 0) is 31.6 Å². The van der Waals surface area contributed by atoms with E-state index in [9.17, 15) is 13.2 Å². The molecule has 128 valence electrons. The predicted octanol–water partition coefficient (Wildman–Crippen LogP) is 0.277. The lowest BCUT2D eigenvalue weighted by atomic mass is 9.97. The van der Waals surface area contributed by atoms with Crippen LogP contribution in [0.4, 0.5) is 4.79 Å². The maximum Gasteiger partial charge on any atom is 0.317 e. The number of hydrogen-bond donors (Lipinski definition) is 1. The van der Waals surface area contributed by atoms with Crippen LogP contribution in [-0.2, 0) is 16.4 Å². The summed E-state index contributed by atoms with van der Waals surface area (Å²) in [5.74, 6) is 0.747. The topological polar surface area (TPSA) is 97.2 Å². The van der Waals surface area contributed by atoms with Crippen molar-refractivity contribution in [3.05, 3.63) is 12.4 Å². The van der Waals surface area contributed by atoms with Gasteiger partial charge in [-0.25, -0.2) is 13.2 Å². The number of amides is 2. The van der Waals surface area contributed by atoms with Gasteiger partial charge in [-0.15, -0.1) is 5.10 Å². The van der Waals surface area contributed by atoms with Crippen molar-refractivity contribution in [3.8, 4) is 0 Å². The Hall–Kier alpha value is -1.64. The van der Waals surface area contributed by atoms with Gasteiger partial charge in [-0.2, -0.15) is 0 Å². The number of urea groups is 1. The fourth-order valence-corrected chi connectivity index (χ4v) is 5.08. The van der Waals surface area contributed by atoms with Gasteiger partial charge in [0.15, 0.2) is 9.84 Å². The first-order chi connectivity index (χ1) is 11.0. The molecule has 1 aromatic heterocycles. The van der Waals surface area contributed by atoms with Crippen LogP contribution < -0.4 is 5.32 Å². The molecule has 0 aromatic carbocycles. The average Bonchev–Trinajstić information content (AvgIpc) is 3.15. The molecular weight excluding hydrogens is 318 g/mol. The summed E-state index contributed by atoms with van der Waals surface area (Å²) in [6.45, 7) is 2.46. The molecule has 2 saturated heterocycles.